The van der Waals surface area contributed by atoms with Gasteiger partial charge < -0.3 is 5.32 Å². The van der Waals surface area contributed by atoms with E-state index in [-0.39, 0.29) is 12.2 Å². The van der Waals surface area contributed by atoms with Gasteiger partial charge in [0, 0.05) is 11.4 Å². The Morgan fingerprint density at radius 3 is 2.83 bits per heavy atom. The van der Waals surface area contributed by atoms with E-state index in [1.54, 1.807) is 12.3 Å². The summed E-state index contributed by atoms with van der Waals surface area (Å²) in [6.45, 7) is 1.95. The van der Waals surface area contributed by atoms with Crippen LogP contribution < -0.4 is 5.32 Å². The number of pyridine rings is 1. The number of ketones is 1. The van der Waals surface area contributed by atoms with Crippen molar-refractivity contribution in [3.05, 3.63) is 68.2 Å². The van der Waals surface area contributed by atoms with Crippen LogP contribution in [0.3, 0.4) is 0 Å². The summed E-state index contributed by atoms with van der Waals surface area (Å²) in [4.78, 5) is 21.6. The van der Waals surface area contributed by atoms with Gasteiger partial charge in [-0.05, 0) is 52.2 Å². The number of nitrogens with zero attached hydrogens (tertiary/aromatic N) is 2. The Kier molecular flexibility index (Phi) is 5.28. The third kappa shape index (κ3) is 4.01. The maximum absolute atomic E-state index is 12.5. The minimum absolute atomic E-state index is 0.000971. The summed E-state index contributed by atoms with van der Waals surface area (Å²) in [5.74, 6) is 0.665. The number of carbonyl (C=O) groups excluding carboxylic acids is 1. The molecule has 0 unspecified atom stereocenters. The monoisotopic (exact) mass is 421 g/mol. The Balaban J connectivity index is 1.74. The van der Waals surface area contributed by atoms with E-state index in [0.29, 0.717) is 20.8 Å². The minimum atomic E-state index is -0.000971. The van der Waals surface area contributed by atoms with Gasteiger partial charge in [0.2, 0.25) is 0 Å². The molecule has 1 aromatic carbocycles. The Morgan fingerprint density at radius 2 is 2.08 bits per heavy atom. The summed E-state index contributed by atoms with van der Waals surface area (Å²) in [6, 6.07) is 11.2. The molecule has 24 heavy (non-hydrogen) atoms. The van der Waals surface area contributed by atoms with Crippen LogP contribution in [0.1, 0.15) is 20.8 Å². The van der Waals surface area contributed by atoms with E-state index in [4.69, 9.17) is 11.6 Å². The molecular formula is C17H13BrClN3OS. The van der Waals surface area contributed by atoms with Gasteiger partial charge in [0.15, 0.2) is 10.9 Å². The van der Waals surface area contributed by atoms with Gasteiger partial charge in [0.1, 0.15) is 10.4 Å². The zero-order valence-electron chi connectivity index (χ0n) is 12.7. The van der Waals surface area contributed by atoms with Crippen LogP contribution in [0.15, 0.2) is 47.2 Å². The Labute approximate surface area is 157 Å². The first-order chi connectivity index (χ1) is 11.5. The van der Waals surface area contributed by atoms with E-state index < -0.39 is 0 Å². The van der Waals surface area contributed by atoms with Crippen LogP contribution in [0.5, 0.6) is 0 Å². The largest absolute Gasteiger partial charge is 0.316 e. The van der Waals surface area contributed by atoms with E-state index in [0.717, 1.165) is 15.7 Å². The van der Waals surface area contributed by atoms with Crippen molar-refractivity contribution in [2.24, 2.45) is 0 Å². The third-order valence-electron chi connectivity index (χ3n) is 3.42. The minimum Gasteiger partial charge on any atom is -0.316 e. The topological polar surface area (TPSA) is 54.9 Å². The smallest absolute Gasteiger partial charge is 0.188 e. The molecule has 0 aliphatic rings. The number of carbonyl (C=O) groups is 1. The van der Waals surface area contributed by atoms with Gasteiger partial charge in [-0.25, -0.2) is 9.97 Å². The van der Waals surface area contributed by atoms with Crippen molar-refractivity contribution in [1.29, 1.82) is 0 Å². The molecule has 0 radical (unpaired) electrons. The first-order valence-corrected chi connectivity index (χ1v) is 9.14. The van der Waals surface area contributed by atoms with E-state index in [9.17, 15) is 4.79 Å². The van der Waals surface area contributed by atoms with Crippen LogP contribution >= 0.6 is 38.9 Å². The van der Waals surface area contributed by atoms with Crippen molar-refractivity contribution in [1.82, 2.24) is 9.97 Å². The lowest BCUT2D eigenvalue weighted by atomic mass is 10.0. The maximum Gasteiger partial charge on any atom is 0.188 e. The van der Waals surface area contributed by atoms with Crippen molar-refractivity contribution < 1.29 is 4.79 Å². The van der Waals surface area contributed by atoms with Crippen LogP contribution in [0.2, 0.25) is 5.02 Å². The van der Waals surface area contributed by atoms with E-state index in [1.807, 2.05) is 37.3 Å². The molecule has 2 aromatic heterocycles. The summed E-state index contributed by atoms with van der Waals surface area (Å²) in [6.07, 6.45) is 1.85. The predicted octanol–water partition coefficient (Wildman–Crippen LogP) is 5.43. The first kappa shape index (κ1) is 17.1. The zero-order valence-corrected chi connectivity index (χ0v) is 15.9. The van der Waals surface area contributed by atoms with E-state index in [2.05, 4.69) is 31.2 Å². The highest BCUT2D eigenvalue weighted by Crippen LogP contribution is 2.26. The van der Waals surface area contributed by atoms with Gasteiger partial charge in [-0.15, -0.1) is 0 Å². The number of benzene rings is 1. The number of aryl methyl sites for hydroxylation is 1. The molecule has 7 heteroatoms. The van der Waals surface area contributed by atoms with Gasteiger partial charge in [0.05, 0.1) is 11.1 Å². The molecule has 0 fully saturated rings. The molecule has 0 saturated carbocycles. The maximum atomic E-state index is 12.5. The van der Waals surface area contributed by atoms with E-state index in [1.165, 1.54) is 11.3 Å². The molecule has 4 nitrogen and oxygen atoms in total. The summed E-state index contributed by atoms with van der Waals surface area (Å²) in [7, 11) is 0. The first-order valence-electron chi connectivity index (χ1n) is 7.15. The molecule has 3 aromatic rings. The molecule has 0 spiro atoms. The van der Waals surface area contributed by atoms with Crippen molar-refractivity contribution in [2.75, 3.05) is 5.32 Å². The molecular weight excluding hydrogens is 410 g/mol. The zero-order chi connectivity index (χ0) is 17.1. The number of hydrogen-bond acceptors (Lipinski definition) is 5. The second kappa shape index (κ2) is 7.42. The summed E-state index contributed by atoms with van der Waals surface area (Å²) in [5.41, 5.74) is 1.87. The molecule has 0 amide bonds. The van der Waals surface area contributed by atoms with Gasteiger partial charge in [-0.1, -0.05) is 41.1 Å². The lowest BCUT2D eigenvalue weighted by Crippen LogP contribution is -2.03. The number of halogens is 2. The van der Waals surface area contributed by atoms with Crippen LogP contribution in [0.25, 0.3) is 0 Å². The van der Waals surface area contributed by atoms with Crippen LogP contribution in [-0.4, -0.2) is 15.8 Å². The van der Waals surface area contributed by atoms with Gasteiger partial charge in [-0.3, -0.25) is 4.79 Å². The highest BCUT2D eigenvalue weighted by molar-refractivity contribution is 9.10. The van der Waals surface area contributed by atoms with Crippen molar-refractivity contribution in [2.45, 2.75) is 13.3 Å². The predicted molar refractivity (Wildman–Crippen MR) is 102 cm³/mol. The summed E-state index contributed by atoms with van der Waals surface area (Å²) >= 11 is 10.8. The number of aromatic nitrogens is 2. The average molecular weight is 423 g/mol. The molecule has 3 rings (SSSR count). The highest BCUT2D eigenvalue weighted by atomic mass is 79.9. The molecule has 2 heterocycles. The van der Waals surface area contributed by atoms with Crippen molar-refractivity contribution >= 4 is 55.6 Å². The number of thiazole rings is 1. The lowest BCUT2D eigenvalue weighted by molar-refractivity contribution is 0.0996. The molecule has 0 bridgehead atoms. The molecule has 0 aliphatic carbocycles. The molecule has 0 atom stereocenters. The second-order valence-electron chi connectivity index (χ2n) is 5.14. The van der Waals surface area contributed by atoms with Crippen LogP contribution in [-0.2, 0) is 6.42 Å². The fourth-order valence-electron chi connectivity index (χ4n) is 2.19. The SMILES string of the molecule is Cc1cccc(Cl)c1CC(=O)c1cnc(Nc2cccc(Br)n2)s1. The van der Waals surface area contributed by atoms with E-state index >= 15 is 0 Å². The quantitative estimate of drug-likeness (QED) is 0.440. The van der Waals surface area contributed by atoms with Crippen LogP contribution in [0.4, 0.5) is 10.9 Å². The van der Waals surface area contributed by atoms with Gasteiger partial charge in [0.25, 0.3) is 0 Å². The molecule has 1 N–H and O–H groups in total. The van der Waals surface area contributed by atoms with Crippen molar-refractivity contribution in [3.8, 4) is 0 Å². The molecule has 122 valence electrons. The molecule has 0 aliphatic heterocycles. The number of rotatable bonds is 5. The number of anilines is 2. The highest BCUT2D eigenvalue weighted by Gasteiger charge is 2.15. The number of hydrogen-bond donors (Lipinski definition) is 1. The van der Waals surface area contributed by atoms with Crippen molar-refractivity contribution in [3.63, 3.8) is 0 Å². The summed E-state index contributed by atoms with van der Waals surface area (Å²) in [5, 5.41) is 4.33. The average Bonchev–Trinajstić information content (AvgIpc) is 2.99. The normalized spacial score (nSPS) is 10.6. The standard InChI is InChI=1S/C17H13BrClN3OS/c1-10-4-2-5-12(19)11(10)8-13(23)14-9-20-17(24-14)22-16-7-3-6-15(18)21-16/h2-7,9H,8H2,1H3,(H,20,21,22). The Bertz CT molecular complexity index is 877. The van der Waals surface area contributed by atoms with Gasteiger partial charge >= 0.3 is 0 Å². The van der Waals surface area contributed by atoms with Crippen LogP contribution in [0, 0.1) is 6.92 Å². The lowest BCUT2D eigenvalue weighted by Gasteiger charge is -2.06. The fraction of sp³-hybridized carbons (Fsp3) is 0.118. The van der Waals surface area contributed by atoms with Gasteiger partial charge in [-0.2, -0.15) is 0 Å². The third-order valence-corrected chi connectivity index (χ3v) is 5.17. The second-order valence-corrected chi connectivity index (χ2v) is 7.39. The Hall–Kier alpha value is -1.76. The fourth-order valence-corrected chi connectivity index (χ4v) is 3.58. The number of Topliss-reactive ketones (excluding diaryl/α,β-unsaturated/α-hetero) is 1. The Morgan fingerprint density at radius 1 is 1.29 bits per heavy atom. The summed E-state index contributed by atoms with van der Waals surface area (Å²) < 4.78 is 0.731. The molecule has 0 saturated heterocycles. The number of nitrogens with one attached hydrogen (secondary N) is 1.